The van der Waals surface area contributed by atoms with Crippen molar-refractivity contribution < 1.29 is 37.9 Å². The van der Waals surface area contributed by atoms with Gasteiger partial charge in [0.1, 0.15) is 6.61 Å². The Bertz CT molecular complexity index is 878. The topological polar surface area (TPSA) is 119 Å². The van der Waals surface area contributed by atoms with Crippen molar-refractivity contribution in [2.75, 3.05) is 13.2 Å². The second kappa shape index (κ2) is 43.6. The molecule has 0 fully saturated rings. The van der Waals surface area contributed by atoms with Gasteiger partial charge in [0, 0.05) is 12.8 Å². The van der Waals surface area contributed by atoms with Gasteiger partial charge in [0.25, 0.3) is 0 Å². The van der Waals surface area contributed by atoms with Gasteiger partial charge in [0.15, 0.2) is 6.10 Å². The Morgan fingerprint density at radius 1 is 0.393 bits per heavy atom. The largest absolute Gasteiger partial charge is 0.469 e. The van der Waals surface area contributed by atoms with Gasteiger partial charge in [0.2, 0.25) is 0 Å². The molecule has 0 heterocycles. The summed E-state index contributed by atoms with van der Waals surface area (Å²) in [5.41, 5.74) is 0. The van der Waals surface area contributed by atoms with Gasteiger partial charge in [-0.3, -0.25) is 14.1 Å². The van der Waals surface area contributed by atoms with Crippen molar-refractivity contribution in [2.45, 2.75) is 277 Å². The first-order valence-electron chi connectivity index (χ1n) is 24.3. The van der Waals surface area contributed by atoms with E-state index in [1.165, 1.54) is 205 Å². The van der Waals surface area contributed by atoms with Crippen LogP contribution in [0, 0.1) is 0 Å². The van der Waals surface area contributed by atoms with E-state index < -0.39 is 32.5 Å². The number of carbonyl (C=O) groups is 2. The zero-order chi connectivity index (χ0) is 41.1. The van der Waals surface area contributed by atoms with Crippen LogP contribution in [0.4, 0.5) is 0 Å². The van der Waals surface area contributed by atoms with Gasteiger partial charge in [-0.15, -0.1) is 0 Å². The molecule has 0 aromatic heterocycles. The molecule has 0 aliphatic heterocycles. The molecule has 0 saturated heterocycles. The standard InChI is InChI=1S/C47H93O8P/c1-3-5-7-9-11-13-15-17-19-20-21-22-23-24-25-26-28-30-32-34-36-38-40-42-47(49)55-45(44-54-56(50,51)52)43-53-46(48)41-39-37-35-33-31-29-27-18-16-14-12-10-8-6-4-2/h45H,3-44H2,1-2H3,(H2,50,51,52). The highest BCUT2D eigenvalue weighted by Gasteiger charge is 2.23. The summed E-state index contributed by atoms with van der Waals surface area (Å²) in [4.78, 5) is 43.0. The lowest BCUT2D eigenvalue weighted by molar-refractivity contribution is -0.161. The highest BCUT2D eigenvalue weighted by Crippen LogP contribution is 2.36. The molecule has 0 bridgehead atoms. The van der Waals surface area contributed by atoms with Crippen LogP contribution in [0.2, 0.25) is 0 Å². The van der Waals surface area contributed by atoms with Crippen LogP contribution in [0.15, 0.2) is 0 Å². The number of ether oxygens (including phenoxy) is 2. The predicted molar refractivity (Wildman–Crippen MR) is 235 cm³/mol. The van der Waals surface area contributed by atoms with Crippen LogP contribution in [0.3, 0.4) is 0 Å². The smallest absolute Gasteiger partial charge is 0.462 e. The molecule has 0 saturated carbocycles. The molecule has 0 radical (unpaired) electrons. The van der Waals surface area contributed by atoms with E-state index in [2.05, 4.69) is 18.4 Å². The van der Waals surface area contributed by atoms with E-state index in [9.17, 15) is 14.2 Å². The van der Waals surface area contributed by atoms with Crippen molar-refractivity contribution in [1.82, 2.24) is 0 Å². The SMILES string of the molecule is CCCCCCCCCCCCCCCCCCCCCCCCCC(=O)OC(COC(=O)CCCCCCCCCCCCCCCCC)COP(=O)(O)O. The van der Waals surface area contributed by atoms with Crippen LogP contribution in [0.5, 0.6) is 0 Å². The molecule has 0 spiro atoms. The summed E-state index contributed by atoms with van der Waals surface area (Å²) in [6.45, 7) is 3.74. The van der Waals surface area contributed by atoms with Crippen LogP contribution in [-0.2, 0) is 28.2 Å². The Labute approximate surface area is 346 Å². The monoisotopic (exact) mass is 817 g/mol. The Kier molecular flexibility index (Phi) is 42.9. The molecule has 56 heavy (non-hydrogen) atoms. The normalized spacial score (nSPS) is 12.3. The molecule has 8 nitrogen and oxygen atoms in total. The van der Waals surface area contributed by atoms with Gasteiger partial charge >= 0.3 is 19.8 Å². The molecular weight excluding hydrogens is 723 g/mol. The Balaban J connectivity index is 3.76. The molecule has 0 rings (SSSR count). The zero-order valence-electron chi connectivity index (χ0n) is 37.1. The predicted octanol–water partition coefficient (Wildman–Crippen LogP) is 15.2. The van der Waals surface area contributed by atoms with Crippen molar-refractivity contribution in [3.05, 3.63) is 0 Å². The minimum Gasteiger partial charge on any atom is -0.462 e. The average Bonchev–Trinajstić information content (AvgIpc) is 3.17. The Morgan fingerprint density at radius 3 is 0.911 bits per heavy atom. The average molecular weight is 817 g/mol. The van der Waals surface area contributed by atoms with Gasteiger partial charge in [0.05, 0.1) is 6.61 Å². The quantitative estimate of drug-likeness (QED) is 0.0354. The number of phosphoric acid groups is 1. The molecule has 0 aromatic rings. The third kappa shape index (κ3) is 45.7. The molecule has 0 aromatic carbocycles. The molecule has 1 unspecified atom stereocenters. The third-order valence-corrected chi connectivity index (χ3v) is 11.6. The highest BCUT2D eigenvalue weighted by atomic mass is 31.2. The molecular formula is C47H93O8P. The van der Waals surface area contributed by atoms with E-state index in [1.807, 2.05) is 0 Å². The summed E-state index contributed by atoms with van der Waals surface area (Å²) >= 11 is 0. The lowest BCUT2D eigenvalue weighted by atomic mass is 10.0. The van der Waals surface area contributed by atoms with Crippen LogP contribution in [0.25, 0.3) is 0 Å². The maximum atomic E-state index is 12.5. The number of phosphoric ester groups is 1. The second-order valence-corrected chi connectivity index (χ2v) is 18.0. The van der Waals surface area contributed by atoms with Gasteiger partial charge < -0.3 is 19.3 Å². The molecule has 0 aliphatic carbocycles. The van der Waals surface area contributed by atoms with E-state index in [4.69, 9.17) is 19.3 Å². The molecule has 0 aliphatic rings. The summed E-state index contributed by atoms with van der Waals surface area (Å²) in [7, 11) is -4.75. The summed E-state index contributed by atoms with van der Waals surface area (Å²) in [6.07, 6.45) is 48.4. The lowest BCUT2D eigenvalue weighted by Crippen LogP contribution is -2.29. The van der Waals surface area contributed by atoms with Crippen molar-refractivity contribution >= 4 is 19.8 Å². The Hall–Kier alpha value is -0.950. The number of hydrogen-bond donors (Lipinski definition) is 2. The number of unbranched alkanes of at least 4 members (excludes halogenated alkanes) is 36. The van der Waals surface area contributed by atoms with Crippen LogP contribution in [0.1, 0.15) is 271 Å². The third-order valence-electron chi connectivity index (χ3n) is 11.1. The van der Waals surface area contributed by atoms with Crippen molar-refractivity contribution in [3.63, 3.8) is 0 Å². The fourth-order valence-corrected chi connectivity index (χ4v) is 7.86. The van der Waals surface area contributed by atoms with E-state index >= 15 is 0 Å². The van der Waals surface area contributed by atoms with E-state index in [0.717, 1.165) is 32.1 Å². The lowest BCUT2D eigenvalue weighted by Gasteiger charge is -2.18. The van der Waals surface area contributed by atoms with E-state index in [1.54, 1.807) is 0 Å². The minimum absolute atomic E-state index is 0.221. The fraction of sp³-hybridized carbons (Fsp3) is 0.957. The summed E-state index contributed by atoms with van der Waals surface area (Å²) in [5.74, 6) is -0.863. The first-order valence-corrected chi connectivity index (χ1v) is 25.9. The zero-order valence-corrected chi connectivity index (χ0v) is 38.0. The van der Waals surface area contributed by atoms with Gasteiger partial charge in [-0.1, -0.05) is 245 Å². The molecule has 1 atom stereocenters. The van der Waals surface area contributed by atoms with Crippen LogP contribution >= 0.6 is 7.82 Å². The number of carbonyl (C=O) groups excluding carboxylic acids is 2. The Morgan fingerprint density at radius 2 is 0.643 bits per heavy atom. The molecule has 9 heteroatoms. The summed E-state index contributed by atoms with van der Waals surface area (Å²) in [6, 6.07) is 0. The van der Waals surface area contributed by atoms with Crippen molar-refractivity contribution in [1.29, 1.82) is 0 Å². The first kappa shape index (κ1) is 55.0. The van der Waals surface area contributed by atoms with E-state index in [-0.39, 0.29) is 19.4 Å². The van der Waals surface area contributed by atoms with Crippen molar-refractivity contribution in [2.24, 2.45) is 0 Å². The number of esters is 2. The molecule has 2 N–H and O–H groups in total. The van der Waals surface area contributed by atoms with Gasteiger partial charge in [-0.05, 0) is 12.8 Å². The summed E-state index contributed by atoms with van der Waals surface area (Å²) in [5, 5.41) is 0. The second-order valence-electron chi connectivity index (χ2n) is 16.8. The number of hydrogen-bond acceptors (Lipinski definition) is 6. The van der Waals surface area contributed by atoms with E-state index in [0.29, 0.717) is 6.42 Å². The maximum Gasteiger partial charge on any atom is 0.469 e. The molecule has 334 valence electrons. The minimum atomic E-state index is -4.75. The molecule has 0 amide bonds. The number of rotatable bonds is 46. The fourth-order valence-electron chi connectivity index (χ4n) is 7.49. The van der Waals surface area contributed by atoms with Crippen LogP contribution < -0.4 is 0 Å². The maximum absolute atomic E-state index is 12.5. The van der Waals surface area contributed by atoms with Crippen LogP contribution in [-0.4, -0.2) is 41.0 Å². The van der Waals surface area contributed by atoms with Gasteiger partial charge in [-0.25, -0.2) is 4.57 Å². The highest BCUT2D eigenvalue weighted by molar-refractivity contribution is 7.46. The van der Waals surface area contributed by atoms with Crippen molar-refractivity contribution in [3.8, 4) is 0 Å². The van der Waals surface area contributed by atoms with Gasteiger partial charge in [-0.2, -0.15) is 0 Å². The first-order chi connectivity index (χ1) is 27.3. The summed E-state index contributed by atoms with van der Waals surface area (Å²) < 4.78 is 26.5.